The van der Waals surface area contributed by atoms with Gasteiger partial charge in [-0.2, -0.15) is 0 Å². The number of benzene rings is 1. The number of nitrogens with one attached hydrogen (secondary N) is 1. The Hall–Kier alpha value is -1.09. The summed E-state index contributed by atoms with van der Waals surface area (Å²) in [7, 11) is 0. The maximum atomic E-state index is 13.8. The Bertz CT molecular complexity index is 376. The fraction of sp³-hybridized carbons (Fsp3) is 0.571. The van der Waals surface area contributed by atoms with Crippen LogP contribution < -0.4 is 10.1 Å². The summed E-state index contributed by atoms with van der Waals surface area (Å²) in [5.41, 5.74) is 0.632. The van der Waals surface area contributed by atoms with E-state index in [1.54, 1.807) is 19.1 Å². The highest BCUT2D eigenvalue weighted by atomic mass is 19.1. The van der Waals surface area contributed by atoms with Crippen molar-refractivity contribution >= 4 is 0 Å². The molecule has 0 spiro atoms. The fourth-order valence-corrected chi connectivity index (χ4v) is 1.75. The molecule has 1 unspecified atom stereocenters. The summed E-state index contributed by atoms with van der Waals surface area (Å²) < 4.78 is 19.5. The predicted octanol–water partition coefficient (Wildman–Crippen LogP) is 3.04. The number of hydrogen-bond donors (Lipinski definition) is 1. The lowest BCUT2D eigenvalue weighted by Crippen LogP contribution is -2.32. The topological polar surface area (TPSA) is 21.3 Å². The minimum absolute atomic E-state index is 0.0481. The monoisotopic (exact) mass is 237 g/mol. The van der Waals surface area contributed by atoms with E-state index in [4.69, 9.17) is 4.74 Å². The molecule has 1 N–H and O–H groups in total. The van der Waals surface area contributed by atoms with Crippen LogP contribution >= 0.6 is 0 Å². The third-order valence-electron chi connectivity index (χ3n) is 3.12. The largest absolute Gasteiger partial charge is 0.486 e. The summed E-state index contributed by atoms with van der Waals surface area (Å²) in [6, 6.07) is 5.94. The Morgan fingerprint density at radius 2 is 2.24 bits per heavy atom. The van der Waals surface area contributed by atoms with Crippen LogP contribution in [0.5, 0.6) is 5.75 Å². The van der Waals surface area contributed by atoms with E-state index in [9.17, 15) is 4.39 Å². The van der Waals surface area contributed by atoms with Gasteiger partial charge in [0.05, 0.1) is 0 Å². The Balaban J connectivity index is 1.93. The molecule has 1 atom stereocenters. The molecule has 0 saturated heterocycles. The normalized spacial score (nSPS) is 16.9. The first-order chi connectivity index (χ1) is 8.20. The van der Waals surface area contributed by atoms with E-state index in [0.717, 1.165) is 13.0 Å². The summed E-state index contributed by atoms with van der Waals surface area (Å²) in [6.07, 6.45) is 3.45. The molecule has 0 aliphatic heterocycles. The van der Waals surface area contributed by atoms with Gasteiger partial charge in [0, 0.05) is 12.6 Å². The molecule has 2 nitrogen and oxygen atoms in total. The summed E-state index contributed by atoms with van der Waals surface area (Å²) in [6.45, 7) is 4.62. The SMILES string of the molecule is CCC(CNC1CC1)Oc1cccc(C)c1F. The lowest BCUT2D eigenvalue weighted by molar-refractivity contribution is 0.184. The van der Waals surface area contributed by atoms with Gasteiger partial charge in [-0.1, -0.05) is 19.1 Å². The van der Waals surface area contributed by atoms with Gasteiger partial charge >= 0.3 is 0 Å². The first kappa shape index (κ1) is 12.4. The lowest BCUT2D eigenvalue weighted by atomic mass is 10.2. The molecule has 0 amide bonds. The minimum Gasteiger partial charge on any atom is -0.486 e. The van der Waals surface area contributed by atoms with Crippen molar-refractivity contribution in [3.05, 3.63) is 29.6 Å². The van der Waals surface area contributed by atoms with Crippen molar-refractivity contribution in [2.24, 2.45) is 0 Å². The van der Waals surface area contributed by atoms with Crippen molar-refractivity contribution in [2.75, 3.05) is 6.54 Å². The van der Waals surface area contributed by atoms with Gasteiger partial charge in [0.2, 0.25) is 0 Å². The maximum Gasteiger partial charge on any atom is 0.167 e. The summed E-state index contributed by atoms with van der Waals surface area (Å²) in [5, 5.41) is 3.41. The highest BCUT2D eigenvalue weighted by molar-refractivity contribution is 5.30. The van der Waals surface area contributed by atoms with Gasteiger partial charge in [-0.3, -0.25) is 0 Å². The van der Waals surface area contributed by atoms with Crippen LogP contribution in [0.2, 0.25) is 0 Å². The molecule has 17 heavy (non-hydrogen) atoms. The lowest BCUT2D eigenvalue weighted by Gasteiger charge is -2.19. The van der Waals surface area contributed by atoms with Crippen LogP contribution in [0.25, 0.3) is 0 Å². The van der Waals surface area contributed by atoms with E-state index in [2.05, 4.69) is 12.2 Å². The van der Waals surface area contributed by atoms with Crippen LogP contribution in [0.3, 0.4) is 0 Å². The molecule has 1 aliphatic rings. The summed E-state index contributed by atoms with van der Waals surface area (Å²) >= 11 is 0. The van der Waals surface area contributed by atoms with E-state index in [1.807, 2.05) is 6.07 Å². The average molecular weight is 237 g/mol. The van der Waals surface area contributed by atoms with E-state index >= 15 is 0 Å². The Labute approximate surface area is 102 Å². The zero-order valence-electron chi connectivity index (χ0n) is 10.5. The molecular formula is C14H20FNO. The number of ether oxygens (including phenoxy) is 1. The first-order valence-electron chi connectivity index (χ1n) is 6.36. The van der Waals surface area contributed by atoms with Gasteiger partial charge < -0.3 is 10.1 Å². The average Bonchev–Trinajstić information content (AvgIpc) is 3.13. The third kappa shape index (κ3) is 3.43. The fourth-order valence-electron chi connectivity index (χ4n) is 1.75. The second kappa shape index (κ2) is 5.50. The van der Waals surface area contributed by atoms with Crippen LogP contribution in [-0.4, -0.2) is 18.7 Å². The van der Waals surface area contributed by atoms with Crippen molar-refractivity contribution in [1.82, 2.24) is 5.32 Å². The molecule has 3 heteroatoms. The van der Waals surface area contributed by atoms with Gasteiger partial charge in [0.25, 0.3) is 0 Å². The van der Waals surface area contributed by atoms with Gasteiger partial charge in [-0.05, 0) is 37.8 Å². The standard InChI is InChI=1S/C14H20FNO/c1-3-12(9-16-11-7-8-11)17-13-6-4-5-10(2)14(13)15/h4-6,11-12,16H,3,7-9H2,1-2H3. The van der Waals surface area contributed by atoms with Gasteiger partial charge in [-0.15, -0.1) is 0 Å². The molecule has 1 saturated carbocycles. The highest BCUT2D eigenvalue weighted by Crippen LogP contribution is 2.22. The molecule has 2 rings (SSSR count). The third-order valence-corrected chi connectivity index (χ3v) is 3.12. The Kier molecular flexibility index (Phi) is 4.00. The summed E-state index contributed by atoms with van der Waals surface area (Å²) in [4.78, 5) is 0. The molecule has 1 fully saturated rings. The van der Waals surface area contributed by atoms with Crippen LogP contribution in [0, 0.1) is 12.7 Å². The number of halogens is 1. The van der Waals surface area contributed by atoms with Crippen molar-refractivity contribution in [1.29, 1.82) is 0 Å². The van der Waals surface area contributed by atoms with E-state index in [1.165, 1.54) is 12.8 Å². The molecule has 1 aliphatic carbocycles. The molecule has 1 aromatic rings. The Morgan fingerprint density at radius 1 is 1.47 bits per heavy atom. The molecule has 0 bridgehead atoms. The molecule has 0 aromatic heterocycles. The van der Waals surface area contributed by atoms with Crippen molar-refractivity contribution in [3.8, 4) is 5.75 Å². The van der Waals surface area contributed by atoms with Gasteiger partial charge in [-0.25, -0.2) is 4.39 Å². The number of hydrogen-bond acceptors (Lipinski definition) is 2. The van der Waals surface area contributed by atoms with E-state index < -0.39 is 0 Å². The van der Waals surface area contributed by atoms with Crippen molar-refractivity contribution < 1.29 is 9.13 Å². The number of rotatable bonds is 6. The quantitative estimate of drug-likeness (QED) is 0.821. The van der Waals surface area contributed by atoms with Crippen molar-refractivity contribution in [3.63, 3.8) is 0 Å². The highest BCUT2D eigenvalue weighted by Gasteiger charge is 2.22. The van der Waals surface area contributed by atoms with Gasteiger partial charge in [0.15, 0.2) is 11.6 Å². The molecule has 1 aromatic carbocycles. The van der Waals surface area contributed by atoms with Gasteiger partial charge in [0.1, 0.15) is 6.10 Å². The van der Waals surface area contributed by atoms with E-state index in [-0.39, 0.29) is 11.9 Å². The van der Waals surface area contributed by atoms with Crippen LogP contribution in [-0.2, 0) is 0 Å². The summed E-state index contributed by atoms with van der Waals surface area (Å²) in [5.74, 6) is 0.131. The second-order valence-electron chi connectivity index (χ2n) is 4.72. The minimum atomic E-state index is -0.239. The molecule has 0 heterocycles. The Morgan fingerprint density at radius 3 is 2.88 bits per heavy atom. The predicted molar refractivity (Wildman–Crippen MR) is 66.9 cm³/mol. The smallest absolute Gasteiger partial charge is 0.167 e. The number of aryl methyl sites for hydroxylation is 1. The van der Waals surface area contributed by atoms with Crippen molar-refractivity contribution in [2.45, 2.75) is 45.3 Å². The second-order valence-corrected chi connectivity index (χ2v) is 4.72. The van der Waals surface area contributed by atoms with Crippen LogP contribution in [0.15, 0.2) is 18.2 Å². The maximum absolute atomic E-state index is 13.8. The molecular weight excluding hydrogens is 217 g/mol. The zero-order valence-corrected chi connectivity index (χ0v) is 10.5. The van der Waals surface area contributed by atoms with E-state index in [0.29, 0.717) is 17.4 Å². The zero-order chi connectivity index (χ0) is 12.3. The molecule has 94 valence electrons. The molecule has 0 radical (unpaired) electrons. The van der Waals surface area contributed by atoms with Crippen LogP contribution in [0.4, 0.5) is 4.39 Å². The first-order valence-corrected chi connectivity index (χ1v) is 6.36. The van der Waals surface area contributed by atoms with Crippen LogP contribution in [0.1, 0.15) is 31.7 Å².